The monoisotopic (exact) mass is 249 g/mol. The summed E-state index contributed by atoms with van der Waals surface area (Å²) in [5, 5.41) is 4.07. The molecule has 90 valence electrons. The number of halogens is 1. The van der Waals surface area contributed by atoms with Gasteiger partial charge in [-0.05, 0) is 24.7 Å². The van der Waals surface area contributed by atoms with E-state index < -0.39 is 0 Å². The van der Waals surface area contributed by atoms with Gasteiger partial charge in [0.25, 0.3) is 0 Å². The van der Waals surface area contributed by atoms with Gasteiger partial charge in [0, 0.05) is 36.9 Å². The van der Waals surface area contributed by atoms with Crippen LogP contribution in [0.3, 0.4) is 0 Å². The Morgan fingerprint density at radius 2 is 2.06 bits per heavy atom. The molecule has 0 radical (unpaired) electrons. The summed E-state index contributed by atoms with van der Waals surface area (Å²) in [5.74, 6) is 1.07. The van der Waals surface area contributed by atoms with Gasteiger partial charge >= 0.3 is 0 Å². The van der Waals surface area contributed by atoms with Gasteiger partial charge in [0.05, 0.1) is 0 Å². The lowest BCUT2D eigenvalue weighted by molar-refractivity contribution is 0.564. The molecule has 1 atom stereocenters. The van der Waals surface area contributed by atoms with Crippen LogP contribution in [-0.4, -0.2) is 16.6 Å². The van der Waals surface area contributed by atoms with Crippen molar-refractivity contribution in [3.05, 3.63) is 53.1 Å². The third-order valence-electron chi connectivity index (χ3n) is 2.93. The van der Waals surface area contributed by atoms with Crippen molar-refractivity contribution in [2.24, 2.45) is 7.05 Å². The van der Waals surface area contributed by atoms with Gasteiger partial charge in [-0.1, -0.05) is 23.7 Å². The molecule has 2 rings (SSSR count). The maximum Gasteiger partial charge on any atom is 0.110 e. The molecule has 4 heteroatoms. The average molecular weight is 250 g/mol. The van der Waals surface area contributed by atoms with Gasteiger partial charge in [-0.3, -0.25) is 0 Å². The highest BCUT2D eigenvalue weighted by atomic mass is 35.5. The maximum atomic E-state index is 5.89. The predicted molar refractivity (Wildman–Crippen MR) is 70.2 cm³/mol. The smallest absolute Gasteiger partial charge is 0.110 e. The van der Waals surface area contributed by atoms with Crippen molar-refractivity contribution >= 4 is 11.6 Å². The number of hydrogen-bond donors (Lipinski definition) is 1. The molecule has 0 aliphatic carbocycles. The van der Waals surface area contributed by atoms with E-state index >= 15 is 0 Å². The summed E-state index contributed by atoms with van der Waals surface area (Å²) in [6.45, 7) is 0. The van der Waals surface area contributed by atoms with E-state index in [1.807, 2.05) is 55.3 Å². The van der Waals surface area contributed by atoms with Crippen LogP contribution in [0.1, 0.15) is 17.4 Å². The van der Waals surface area contributed by atoms with Crippen LogP contribution < -0.4 is 5.32 Å². The summed E-state index contributed by atoms with van der Waals surface area (Å²) in [7, 11) is 3.97. The van der Waals surface area contributed by atoms with E-state index in [-0.39, 0.29) is 6.04 Å². The standard InChI is InChI=1S/C13H16ClN3/c1-15-12(9-13-16-7-8-17(13)2)10-3-5-11(14)6-4-10/h3-8,12,15H,9H2,1-2H3. The number of nitrogens with zero attached hydrogens (tertiary/aromatic N) is 2. The molecule has 0 amide bonds. The molecule has 0 saturated carbocycles. The summed E-state index contributed by atoms with van der Waals surface area (Å²) < 4.78 is 2.04. The van der Waals surface area contributed by atoms with Gasteiger partial charge in [0.1, 0.15) is 5.82 Å². The number of likely N-dealkylation sites (N-methyl/N-ethyl adjacent to an activating group) is 1. The Morgan fingerprint density at radius 1 is 1.35 bits per heavy atom. The summed E-state index contributed by atoms with van der Waals surface area (Å²) in [4.78, 5) is 4.34. The Kier molecular flexibility index (Phi) is 3.82. The van der Waals surface area contributed by atoms with Crippen LogP contribution >= 0.6 is 11.6 Å². The number of aryl methyl sites for hydroxylation is 1. The lowest BCUT2D eigenvalue weighted by Gasteiger charge is -2.16. The minimum atomic E-state index is 0.258. The molecule has 1 heterocycles. The molecule has 0 fully saturated rings. The van der Waals surface area contributed by atoms with E-state index in [1.165, 1.54) is 5.56 Å². The van der Waals surface area contributed by atoms with Gasteiger partial charge in [0.2, 0.25) is 0 Å². The van der Waals surface area contributed by atoms with Crippen molar-refractivity contribution < 1.29 is 0 Å². The Morgan fingerprint density at radius 3 is 2.59 bits per heavy atom. The number of nitrogens with one attached hydrogen (secondary N) is 1. The minimum Gasteiger partial charge on any atom is -0.338 e. The maximum absolute atomic E-state index is 5.89. The van der Waals surface area contributed by atoms with Crippen molar-refractivity contribution in [1.82, 2.24) is 14.9 Å². The average Bonchev–Trinajstić information content (AvgIpc) is 2.73. The molecule has 1 unspecified atom stereocenters. The Balaban J connectivity index is 2.17. The Hall–Kier alpha value is -1.32. The molecule has 2 aromatic rings. The fraction of sp³-hybridized carbons (Fsp3) is 0.308. The quantitative estimate of drug-likeness (QED) is 0.903. The van der Waals surface area contributed by atoms with Gasteiger partial charge < -0.3 is 9.88 Å². The fourth-order valence-corrected chi connectivity index (χ4v) is 1.98. The van der Waals surface area contributed by atoms with Crippen molar-refractivity contribution in [1.29, 1.82) is 0 Å². The molecule has 1 N–H and O–H groups in total. The highest BCUT2D eigenvalue weighted by Gasteiger charge is 2.12. The van der Waals surface area contributed by atoms with Gasteiger partial charge in [-0.15, -0.1) is 0 Å². The number of hydrogen-bond acceptors (Lipinski definition) is 2. The van der Waals surface area contributed by atoms with Crippen LogP contribution in [0, 0.1) is 0 Å². The molecule has 17 heavy (non-hydrogen) atoms. The van der Waals surface area contributed by atoms with Crippen molar-refractivity contribution in [2.75, 3.05) is 7.05 Å². The molecule has 0 spiro atoms. The van der Waals surface area contributed by atoms with E-state index in [1.54, 1.807) is 0 Å². The summed E-state index contributed by atoms with van der Waals surface area (Å²) in [5.41, 5.74) is 1.22. The molecule has 1 aromatic carbocycles. The van der Waals surface area contributed by atoms with Gasteiger partial charge in [-0.25, -0.2) is 4.98 Å². The third-order valence-corrected chi connectivity index (χ3v) is 3.18. The van der Waals surface area contributed by atoms with Crippen molar-refractivity contribution in [3.8, 4) is 0 Å². The fourth-order valence-electron chi connectivity index (χ4n) is 1.86. The molecule has 1 aromatic heterocycles. The predicted octanol–water partition coefficient (Wildman–Crippen LogP) is 2.58. The van der Waals surface area contributed by atoms with Gasteiger partial charge in [-0.2, -0.15) is 0 Å². The van der Waals surface area contributed by atoms with E-state index in [2.05, 4.69) is 10.3 Å². The SMILES string of the molecule is CNC(Cc1nccn1C)c1ccc(Cl)cc1. The van der Waals surface area contributed by atoms with Crippen LogP contribution in [0.15, 0.2) is 36.7 Å². The van der Waals surface area contributed by atoms with E-state index in [0.717, 1.165) is 17.3 Å². The van der Waals surface area contributed by atoms with Crippen LogP contribution in [0.2, 0.25) is 5.02 Å². The number of imidazole rings is 1. The van der Waals surface area contributed by atoms with Crippen LogP contribution in [0.4, 0.5) is 0 Å². The highest BCUT2D eigenvalue weighted by Crippen LogP contribution is 2.19. The second-order valence-electron chi connectivity index (χ2n) is 4.05. The normalized spacial score (nSPS) is 12.6. The first-order chi connectivity index (χ1) is 8.20. The number of benzene rings is 1. The van der Waals surface area contributed by atoms with Crippen LogP contribution in [0.25, 0.3) is 0 Å². The molecule has 0 bridgehead atoms. The van der Waals surface area contributed by atoms with Gasteiger partial charge in [0.15, 0.2) is 0 Å². The zero-order valence-electron chi connectivity index (χ0n) is 10.0. The zero-order valence-corrected chi connectivity index (χ0v) is 10.8. The second-order valence-corrected chi connectivity index (χ2v) is 4.49. The third kappa shape index (κ3) is 2.87. The lowest BCUT2D eigenvalue weighted by atomic mass is 10.0. The van der Waals surface area contributed by atoms with Crippen LogP contribution in [0.5, 0.6) is 0 Å². The van der Waals surface area contributed by atoms with E-state index in [4.69, 9.17) is 11.6 Å². The first-order valence-electron chi connectivity index (χ1n) is 5.59. The second kappa shape index (κ2) is 5.34. The first kappa shape index (κ1) is 12.1. The molecule has 0 aliphatic rings. The zero-order chi connectivity index (χ0) is 12.3. The molecule has 0 aliphatic heterocycles. The first-order valence-corrected chi connectivity index (χ1v) is 5.97. The highest BCUT2D eigenvalue weighted by molar-refractivity contribution is 6.30. The van der Waals surface area contributed by atoms with Crippen molar-refractivity contribution in [2.45, 2.75) is 12.5 Å². The van der Waals surface area contributed by atoms with E-state index in [9.17, 15) is 0 Å². The summed E-state index contributed by atoms with van der Waals surface area (Å²) in [6, 6.07) is 8.19. The topological polar surface area (TPSA) is 29.9 Å². The molecule has 3 nitrogen and oxygen atoms in total. The Labute approximate surface area is 106 Å². The Bertz CT molecular complexity index is 476. The number of rotatable bonds is 4. The van der Waals surface area contributed by atoms with Crippen molar-refractivity contribution in [3.63, 3.8) is 0 Å². The summed E-state index contributed by atoms with van der Waals surface area (Å²) >= 11 is 5.89. The van der Waals surface area contributed by atoms with Crippen LogP contribution in [-0.2, 0) is 13.5 Å². The summed E-state index contributed by atoms with van der Waals surface area (Å²) in [6.07, 6.45) is 4.65. The number of aromatic nitrogens is 2. The largest absolute Gasteiger partial charge is 0.338 e. The minimum absolute atomic E-state index is 0.258. The molecular weight excluding hydrogens is 234 g/mol. The lowest BCUT2D eigenvalue weighted by Crippen LogP contribution is -2.20. The molecular formula is C13H16ClN3. The van der Waals surface area contributed by atoms with E-state index in [0.29, 0.717) is 0 Å². The molecule has 0 saturated heterocycles.